The van der Waals surface area contributed by atoms with Crippen molar-refractivity contribution in [3.05, 3.63) is 29.8 Å². The summed E-state index contributed by atoms with van der Waals surface area (Å²) in [5, 5.41) is 4.88. The molecule has 2 amide bonds. The highest BCUT2D eigenvalue weighted by Gasteiger charge is 2.00. The van der Waals surface area contributed by atoms with Gasteiger partial charge < -0.3 is 10.6 Å². The molecule has 0 spiro atoms. The fourth-order valence-electron chi connectivity index (χ4n) is 1.12. The van der Waals surface area contributed by atoms with Gasteiger partial charge in [-0.25, -0.2) is 5.90 Å². The van der Waals surface area contributed by atoms with Crippen LogP contribution in [0.15, 0.2) is 24.3 Å². The maximum absolute atomic E-state index is 11.2. The molecule has 0 atom stereocenters. The molecule has 0 bridgehead atoms. The van der Waals surface area contributed by atoms with Crippen molar-refractivity contribution in [1.29, 1.82) is 0 Å². The molecule has 86 valence electrons. The maximum atomic E-state index is 11.2. The van der Waals surface area contributed by atoms with Crippen molar-refractivity contribution in [2.24, 2.45) is 5.90 Å². The predicted molar refractivity (Wildman–Crippen MR) is 58.1 cm³/mol. The number of hydrogen-bond donors (Lipinski definition) is 3. The van der Waals surface area contributed by atoms with Crippen LogP contribution >= 0.6 is 0 Å². The first-order valence-electron chi connectivity index (χ1n) is 4.63. The van der Waals surface area contributed by atoms with Crippen LogP contribution in [0.2, 0.25) is 0 Å². The normalized spacial score (nSPS) is 9.56. The van der Waals surface area contributed by atoms with Gasteiger partial charge in [-0.3, -0.25) is 14.4 Å². The molecule has 4 N–H and O–H groups in total. The van der Waals surface area contributed by atoms with Crippen molar-refractivity contribution in [1.82, 2.24) is 5.32 Å². The van der Waals surface area contributed by atoms with E-state index in [4.69, 9.17) is 5.90 Å². The largest absolute Gasteiger partial charge is 0.350 e. The van der Waals surface area contributed by atoms with Crippen LogP contribution < -0.4 is 16.5 Å². The Labute approximate surface area is 92.7 Å². The molecule has 0 aliphatic rings. The number of amides is 2. The summed E-state index contributed by atoms with van der Waals surface area (Å²) in [6, 6.07) is 7.03. The third-order valence-corrected chi connectivity index (χ3v) is 1.83. The lowest BCUT2D eigenvalue weighted by Gasteiger charge is -2.05. The number of nitrogens with one attached hydrogen (secondary N) is 2. The Kier molecular flexibility index (Phi) is 4.97. The molecule has 16 heavy (non-hydrogen) atoms. The van der Waals surface area contributed by atoms with Crippen LogP contribution in [0, 0.1) is 0 Å². The number of carbonyl (C=O) groups excluding carboxylic acids is 2. The van der Waals surface area contributed by atoms with E-state index in [0.29, 0.717) is 18.7 Å². The minimum Gasteiger partial charge on any atom is -0.350 e. The van der Waals surface area contributed by atoms with Gasteiger partial charge in [0, 0.05) is 5.69 Å². The number of nitrogens with two attached hydrogens (primary N) is 1. The van der Waals surface area contributed by atoms with Gasteiger partial charge in [0.2, 0.25) is 12.3 Å². The Morgan fingerprint density at radius 3 is 2.62 bits per heavy atom. The predicted octanol–water partition coefficient (Wildman–Crippen LogP) is -0.239. The van der Waals surface area contributed by atoms with Crippen molar-refractivity contribution >= 4 is 18.0 Å². The molecule has 1 rings (SSSR count). The smallest absolute Gasteiger partial charge is 0.243 e. The highest BCUT2D eigenvalue weighted by molar-refractivity contribution is 5.93. The van der Waals surface area contributed by atoms with E-state index < -0.39 is 0 Å². The molecule has 0 aromatic heterocycles. The number of benzene rings is 1. The van der Waals surface area contributed by atoms with E-state index in [2.05, 4.69) is 15.5 Å². The molecule has 0 aliphatic carbocycles. The van der Waals surface area contributed by atoms with Gasteiger partial charge in [-0.05, 0) is 17.7 Å². The summed E-state index contributed by atoms with van der Waals surface area (Å²) in [6.07, 6.45) is 0.473. The topological polar surface area (TPSA) is 93.4 Å². The zero-order valence-electron chi connectivity index (χ0n) is 8.60. The summed E-state index contributed by atoms with van der Waals surface area (Å²) in [7, 11) is 0. The van der Waals surface area contributed by atoms with Gasteiger partial charge in [-0.1, -0.05) is 12.1 Å². The molecule has 0 aliphatic heterocycles. The van der Waals surface area contributed by atoms with Gasteiger partial charge in [-0.2, -0.15) is 0 Å². The Bertz CT molecular complexity index is 351. The van der Waals surface area contributed by atoms with E-state index in [1.807, 2.05) is 0 Å². The molecule has 6 nitrogen and oxygen atoms in total. The zero-order chi connectivity index (χ0) is 11.8. The molecule has 0 fully saturated rings. The van der Waals surface area contributed by atoms with E-state index >= 15 is 0 Å². The van der Waals surface area contributed by atoms with E-state index in [1.165, 1.54) is 0 Å². The second-order valence-electron chi connectivity index (χ2n) is 3.05. The molecule has 1 aromatic carbocycles. The third kappa shape index (κ3) is 4.07. The Morgan fingerprint density at radius 1 is 1.38 bits per heavy atom. The van der Waals surface area contributed by atoms with Crippen LogP contribution in [0.25, 0.3) is 0 Å². The average molecular weight is 223 g/mol. The van der Waals surface area contributed by atoms with Crippen molar-refractivity contribution in [2.75, 3.05) is 11.9 Å². The first-order chi connectivity index (χ1) is 7.76. The highest BCUT2D eigenvalue weighted by atomic mass is 16.6. The van der Waals surface area contributed by atoms with Gasteiger partial charge in [0.25, 0.3) is 0 Å². The van der Waals surface area contributed by atoms with Gasteiger partial charge >= 0.3 is 0 Å². The van der Waals surface area contributed by atoms with E-state index in [0.717, 1.165) is 5.56 Å². The SMILES string of the molecule is NOCc1ccc(NC(=O)CNC=O)cc1. The van der Waals surface area contributed by atoms with E-state index in [-0.39, 0.29) is 12.5 Å². The molecule has 0 radical (unpaired) electrons. The molecule has 6 heteroatoms. The van der Waals surface area contributed by atoms with Crippen LogP contribution in [-0.4, -0.2) is 18.9 Å². The molecule has 0 unspecified atom stereocenters. The lowest BCUT2D eigenvalue weighted by Crippen LogP contribution is -2.26. The lowest BCUT2D eigenvalue weighted by atomic mass is 10.2. The summed E-state index contributed by atoms with van der Waals surface area (Å²) in [5.74, 6) is 4.64. The van der Waals surface area contributed by atoms with Crippen LogP contribution in [0.3, 0.4) is 0 Å². The quantitative estimate of drug-likeness (QED) is 0.458. The third-order valence-electron chi connectivity index (χ3n) is 1.83. The van der Waals surface area contributed by atoms with Gasteiger partial charge in [0.05, 0.1) is 13.2 Å². The number of hydrogen-bond acceptors (Lipinski definition) is 4. The number of rotatable bonds is 6. The summed E-state index contributed by atoms with van der Waals surface area (Å²) in [4.78, 5) is 25.6. The summed E-state index contributed by atoms with van der Waals surface area (Å²) in [5.41, 5.74) is 1.56. The van der Waals surface area contributed by atoms with Gasteiger partial charge in [-0.15, -0.1) is 0 Å². The highest BCUT2D eigenvalue weighted by Crippen LogP contribution is 2.09. The average Bonchev–Trinajstić information content (AvgIpc) is 2.29. The van der Waals surface area contributed by atoms with E-state index in [9.17, 15) is 9.59 Å². The van der Waals surface area contributed by atoms with Crippen LogP contribution in [0.4, 0.5) is 5.69 Å². The number of anilines is 1. The Balaban J connectivity index is 2.48. The Morgan fingerprint density at radius 2 is 2.06 bits per heavy atom. The minimum absolute atomic E-state index is 0.0445. The Hall–Kier alpha value is -1.92. The standard InChI is InChI=1S/C10H13N3O3/c11-16-6-8-1-3-9(4-2-8)13-10(15)5-12-7-14/h1-4,7H,5-6,11H2,(H,12,14)(H,13,15). The number of carbonyl (C=O) groups is 2. The van der Waals surface area contributed by atoms with Gasteiger partial charge in [0.1, 0.15) is 0 Å². The summed E-state index contributed by atoms with van der Waals surface area (Å²) < 4.78 is 0. The zero-order valence-corrected chi connectivity index (χ0v) is 8.60. The van der Waals surface area contributed by atoms with Crippen molar-refractivity contribution in [3.8, 4) is 0 Å². The fraction of sp³-hybridized carbons (Fsp3) is 0.200. The molecule has 0 heterocycles. The fourth-order valence-corrected chi connectivity index (χ4v) is 1.12. The molecular formula is C10H13N3O3. The summed E-state index contributed by atoms with van der Waals surface area (Å²) >= 11 is 0. The first kappa shape index (κ1) is 12.2. The van der Waals surface area contributed by atoms with Crippen LogP contribution in [0.5, 0.6) is 0 Å². The second kappa shape index (κ2) is 6.54. The van der Waals surface area contributed by atoms with Crippen molar-refractivity contribution < 1.29 is 14.4 Å². The van der Waals surface area contributed by atoms with Crippen molar-refractivity contribution in [3.63, 3.8) is 0 Å². The van der Waals surface area contributed by atoms with Gasteiger partial charge in [0.15, 0.2) is 0 Å². The van der Waals surface area contributed by atoms with Crippen LogP contribution in [0.1, 0.15) is 5.56 Å². The maximum Gasteiger partial charge on any atom is 0.243 e. The lowest BCUT2D eigenvalue weighted by molar-refractivity contribution is -0.118. The van der Waals surface area contributed by atoms with E-state index in [1.54, 1.807) is 24.3 Å². The molecule has 0 saturated heterocycles. The minimum atomic E-state index is -0.282. The molecule has 1 aromatic rings. The monoisotopic (exact) mass is 223 g/mol. The molecule has 0 saturated carbocycles. The second-order valence-corrected chi connectivity index (χ2v) is 3.05. The van der Waals surface area contributed by atoms with Crippen molar-refractivity contribution in [2.45, 2.75) is 6.61 Å². The molecular weight excluding hydrogens is 210 g/mol. The van der Waals surface area contributed by atoms with Crippen LogP contribution in [-0.2, 0) is 21.0 Å². The summed E-state index contributed by atoms with van der Waals surface area (Å²) in [6.45, 7) is 0.276. The first-order valence-corrected chi connectivity index (χ1v) is 4.63.